The molecule has 0 saturated carbocycles. The second kappa shape index (κ2) is 6.75. The van der Waals surface area contributed by atoms with E-state index >= 15 is 0 Å². The molecule has 1 aliphatic heterocycles. The fraction of sp³-hybridized carbons (Fsp3) is 0.429. The predicted molar refractivity (Wildman–Crippen MR) is 86.9 cm³/mol. The Labute approximate surface area is 144 Å². The van der Waals surface area contributed by atoms with Gasteiger partial charge in [-0.25, -0.2) is 14.1 Å². The third kappa shape index (κ3) is 3.44. The quantitative estimate of drug-likeness (QED) is 0.867. The minimum absolute atomic E-state index is 0.138. The molecule has 1 N–H and O–H groups in total. The van der Waals surface area contributed by atoms with Crippen molar-refractivity contribution in [3.63, 3.8) is 0 Å². The number of halogens is 2. The van der Waals surface area contributed by atoms with Gasteiger partial charge in [-0.3, -0.25) is 0 Å². The standard InChI is InChI=1S/C14H17ClFN5O2S/c1-20(8-10-11(15)4-2-5-12(10)16)24(22,23)19-13-6-3-7-21-14(13)17-9-18-21/h2,4-5,9,13,19H,3,6-8H2,1H3/t13-/m0/s1. The molecule has 0 saturated heterocycles. The van der Waals surface area contributed by atoms with E-state index in [1.807, 2.05) is 0 Å². The van der Waals surface area contributed by atoms with Crippen molar-refractivity contribution in [1.82, 2.24) is 23.8 Å². The molecular weight excluding hydrogens is 357 g/mol. The number of hydrogen-bond acceptors (Lipinski definition) is 4. The van der Waals surface area contributed by atoms with Crippen molar-refractivity contribution in [2.24, 2.45) is 0 Å². The van der Waals surface area contributed by atoms with Crippen molar-refractivity contribution in [2.75, 3.05) is 7.05 Å². The van der Waals surface area contributed by atoms with Crippen molar-refractivity contribution in [3.05, 3.63) is 46.8 Å². The number of aromatic nitrogens is 3. The maximum atomic E-state index is 13.9. The van der Waals surface area contributed by atoms with Gasteiger partial charge in [0.15, 0.2) is 0 Å². The molecule has 0 fully saturated rings. The highest BCUT2D eigenvalue weighted by molar-refractivity contribution is 7.87. The van der Waals surface area contributed by atoms with Gasteiger partial charge in [-0.2, -0.15) is 22.5 Å². The zero-order chi connectivity index (χ0) is 17.3. The molecule has 1 atom stereocenters. The van der Waals surface area contributed by atoms with Gasteiger partial charge < -0.3 is 0 Å². The summed E-state index contributed by atoms with van der Waals surface area (Å²) in [5, 5.41) is 4.25. The largest absolute Gasteiger partial charge is 0.280 e. The van der Waals surface area contributed by atoms with Gasteiger partial charge in [-0.05, 0) is 25.0 Å². The Morgan fingerprint density at radius 3 is 3.04 bits per heavy atom. The van der Waals surface area contributed by atoms with Crippen LogP contribution in [0.2, 0.25) is 5.02 Å². The molecule has 0 amide bonds. The Hall–Kier alpha value is -1.55. The number of aryl methyl sites for hydroxylation is 1. The number of nitrogens with one attached hydrogen (secondary N) is 1. The summed E-state index contributed by atoms with van der Waals surface area (Å²) in [7, 11) is -2.46. The average Bonchev–Trinajstić information content (AvgIpc) is 3.00. The number of benzene rings is 1. The third-order valence-corrected chi connectivity index (χ3v) is 5.85. The van der Waals surface area contributed by atoms with Crippen LogP contribution in [0.5, 0.6) is 0 Å². The number of nitrogens with zero attached hydrogens (tertiary/aromatic N) is 4. The van der Waals surface area contributed by atoms with Gasteiger partial charge in [0.2, 0.25) is 0 Å². The minimum atomic E-state index is -3.84. The predicted octanol–water partition coefficient (Wildman–Crippen LogP) is 1.87. The number of rotatable bonds is 5. The van der Waals surface area contributed by atoms with Crippen LogP contribution in [0.25, 0.3) is 0 Å². The molecule has 0 aliphatic carbocycles. The van der Waals surface area contributed by atoms with Crippen molar-refractivity contribution in [2.45, 2.75) is 32.0 Å². The molecule has 1 aliphatic rings. The maximum absolute atomic E-state index is 13.9. The van der Waals surface area contributed by atoms with Crippen LogP contribution in [-0.4, -0.2) is 34.5 Å². The fourth-order valence-electron chi connectivity index (χ4n) is 2.66. The summed E-state index contributed by atoms with van der Waals surface area (Å²) in [4.78, 5) is 4.12. The SMILES string of the molecule is CN(Cc1c(F)cccc1Cl)S(=O)(=O)N[C@H]1CCCn2ncnc21. The summed E-state index contributed by atoms with van der Waals surface area (Å²) in [5.41, 5.74) is 0.138. The van der Waals surface area contributed by atoms with E-state index in [0.29, 0.717) is 18.8 Å². The zero-order valence-corrected chi connectivity index (χ0v) is 14.6. The molecule has 0 radical (unpaired) electrons. The Morgan fingerprint density at radius 1 is 1.50 bits per heavy atom. The molecule has 7 nitrogen and oxygen atoms in total. The van der Waals surface area contributed by atoms with Crippen molar-refractivity contribution in [1.29, 1.82) is 0 Å². The Bertz CT molecular complexity index is 821. The van der Waals surface area contributed by atoms with Crippen LogP contribution >= 0.6 is 11.6 Å². The Kier molecular flexibility index (Phi) is 4.86. The molecule has 130 valence electrons. The molecule has 2 heterocycles. The van der Waals surface area contributed by atoms with E-state index in [-0.39, 0.29) is 17.1 Å². The molecule has 1 aromatic heterocycles. The second-order valence-corrected chi connectivity index (χ2v) is 7.83. The molecule has 1 aromatic carbocycles. The van der Waals surface area contributed by atoms with Crippen molar-refractivity contribution >= 4 is 21.8 Å². The van der Waals surface area contributed by atoms with Gasteiger partial charge in [0, 0.05) is 30.7 Å². The lowest BCUT2D eigenvalue weighted by Crippen LogP contribution is -2.41. The lowest BCUT2D eigenvalue weighted by Gasteiger charge is -2.26. The molecular formula is C14H17ClFN5O2S. The summed E-state index contributed by atoms with van der Waals surface area (Å²) in [6.45, 7) is 0.550. The van der Waals surface area contributed by atoms with E-state index in [4.69, 9.17) is 11.6 Å². The molecule has 10 heteroatoms. The van der Waals surface area contributed by atoms with Gasteiger partial charge in [-0.15, -0.1) is 0 Å². The summed E-state index contributed by atoms with van der Waals surface area (Å²) >= 11 is 5.96. The molecule has 24 heavy (non-hydrogen) atoms. The number of hydrogen-bond donors (Lipinski definition) is 1. The molecule has 2 aromatic rings. The van der Waals surface area contributed by atoms with Crippen LogP contribution in [0.4, 0.5) is 4.39 Å². The zero-order valence-electron chi connectivity index (χ0n) is 13.0. The highest BCUT2D eigenvalue weighted by atomic mass is 35.5. The highest BCUT2D eigenvalue weighted by Gasteiger charge is 2.29. The van der Waals surface area contributed by atoms with Crippen LogP contribution in [0.1, 0.15) is 30.3 Å². The van der Waals surface area contributed by atoms with Crippen LogP contribution in [0.3, 0.4) is 0 Å². The van der Waals surface area contributed by atoms with E-state index in [1.165, 1.54) is 31.6 Å². The first-order valence-corrected chi connectivity index (χ1v) is 9.24. The normalized spacial score (nSPS) is 17.9. The van der Waals surface area contributed by atoms with Crippen LogP contribution in [0, 0.1) is 5.82 Å². The van der Waals surface area contributed by atoms with Crippen LogP contribution < -0.4 is 4.72 Å². The smallest absolute Gasteiger partial charge is 0.248 e. The topological polar surface area (TPSA) is 80.1 Å². The van der Waals surface area contributed by atoms with E-state index in [0.717, 1.165) is 10.7 Å². The molecule has 3 rings (SSSR count). The summed E-state index contributed by atoms with van der Waals surface area (Å²) in [6.07, 6.45) is 2.84. The van der Waals surface area contributed by atoms with Crippen molar-refractivity contribution in [3.8, 4) is 0 Å². The first-order chi connectivity index (χ1) is 11.4. The highest BCUT2D eigenvalue weighted by Crippen LogP contribution is 2.25. The van der Waals surface area contributed by atoms with E-state index in [1.54, 1.807) is 4.68 Å². The lowest BCUT2D eigenvalue weighted by atomic mass is 10.1. The third-order valence-electron chi connectivity index (χ3n) is 3.96. The monoisotopic (exact) mass is 373 g/mol. The average molecular weight is 374 g/mol. The lowest BCUT2D eigenvalue weighted by molar-refractivity contribution is 0.382. The van der Waals surface area contributed by atoms with Crippen molar-refractivity contribution < 1.29 is 12.8 Å². The fourth-order valence-corrected chi connectivity index (χ4v) is 3.95. The number of fused-ring (bicyclic) bond motifs is 1. The van der Waals surface area contributed by atoms with Gasteiger partial charge in [0.05, 0.1) is 6.04 Å². The van der Waals surface area contributed by atoms with E-state index < -0.39 is 22.1 Å². The van der Waals surface area contributed by atoms with E-state index in [9.17, 15) is 12.8 Å². The van der Waals surface area contributed by atoms with Gasteiger partial charge in [0.1, 0.15) is 18.0 Å². The molecule has 0 spiro atoms. The molecule has 0 bridgehead atoms. The van der Waals surface area contributed by atoms with E-state index in [2.05, 4.69) is 14.8 Å². The van der Waals surface area contributed by atoms with Crippen LogP contribution in [-0.2, 0) is 23.3 Å². The summed E-state index contributed by atoms with van der Waals surface area (Å²) < 4.78 is 44.3. The minimum Gasteiger partial charge on any atom is -0.248 e. The maximum Gasteiger partial charge on any atom is 0.280 e. The van der Waals surface area contributed by atoms with Gasteiger partial charge in [0.25, 0.3) is 10.2 Å². The Balaban J connectivity index is 1.77. The second-order valence-electron chi connectivity index (χ2n) is 5.62. The van der Waals surface area contributed by atoms with Crippen LogP contribution in [0.15, 0.2) is 24.5 Å². The van der Waals surface area contributed by atoms with Gasteiger partial charge >= 0.3 is 0 Å². The Morgan fingerprint density at radius 2 is 2.29 bits per heavy atom. The molecule has 0 unspecified atom stereocenters. The first-order valence-electron chi connectivity index (χ1n) is 7.42. The van der Waals surface area contributed by atoms with Gasteiger partial charge in [-0.1, -0.05) is 17.7 Å². The summed E-state index contributed by atoms with van der Waals surface area (Å²) in [6, 6.07) is 3.80. The first kappa shape index (κ1) is 17.3. The summed E-state index contributed by atoms with van der Waals surface area (Å²) in [5.74, 6) is 0.0455.